The SMILES string of the molecule is O=S(=O)(N1CCOCC1)N1CCCC2CNCC21. The van der Waals surface area contributed by atoms with Crippen LogP contribution < -0.4 is 5.32 Å². The molecule has 3 aliphatic heterocycles. The molecule has 3 saturated heterocycles. The molecule has 0 bridgehead atoms. The van der Waals surface area contributed by atoms with Gasteiger partial charge in [-0.25, -0.2) is 0 Å². The molecular formula is C11H21N3O3S. The summed E-state index contributed by atoms with van der Waals surface area (Å²) in [6.07, 6.45) is 2.12. The fraction of sp³-hybridized carbons (Fsp3) is 1.00. The maximum Gasteiger partial charge on any atom is 0.282 e. The van der Waals surface area contributed by atoms with E-state index in [4.69, 9.17) is 4.74 Å². The van der Waals surface area contributed by atoms with Gasteiger partial charge in [-0.3, -0.25) is 0 Å². The fourth-order valence-corrected chi connectivity index (χ4v) is 5.09. The Kier molecular flexibility index (Phi) is 3.59. The summed E-state index contributed by atoms with van der Waals surface area (Å²) in [5, 5.41) is 3.32. The summed E-state index contributed by atoms with van der Waals surface area (Å²) in [6.45, 7) is 4.43. The van der Waals surface area contributed by atoms with E-state index >= 15 is 0 Å². The number of hydrogen-bond acceptors (Lipinski definition) is 4. The lowest BCUT2D eigenvalue weighted by Gasteiger charge is -2.39. The highest BCUT2D eigenvalue weighted by Crippen LogP contribution is 2.29. The van der Waals surface area contributed by atoms with Gasteiger partial charge >= 0.3 is 0 Å². The predicted molar refractivity (Wildman–Crippen MR) is 67.4 cm³/mol. The number of nitrogens with one attached hydrogen (secondary N) is 1. The molecule has 0 spiro atoms. The van der Waals surface area contributed by atoms with Crippen molar-refractivity contribution in [3.8, 4) is 0 Å². The topological polar surface area (TPSA) is 61.9 Å². The Balaban J connectivity index is 1.79. The molecule has 0 aromatic heterocycles. The normalized spacial score (nSPS) is 35.6. The summed E-state index contributed by atoms with van der Waals surface area (Å²) in [5.74, 6) is 0.495. The van der Waals surface area contributed by atoms with Crippen LogP contribution in [0.4, 0.5) is 0 Å². The molecule has 18 heavy (non-hydrogen) atoms. The van der Waals surface area contributed by atoms with Crippen molar-refractivity contribution in [2.24, 2.45) is 5.92 Å². The molecule has 0 radical (unpaired) electrons. The van der Waals surface area contributed by atoms with E-state index in [0.717, 1.165) is 25.9 Å². The average molecular weight is 275 g/mol. The first-order chi connectivity index (χ1) is 8.69. The summed E-state index contributed by atoms with van der Waals surface area (Å²) in [7, 11) is -3.29. The van der Waals surface area contributed by atoms with Crippen LogP contribution in [-0.2, 0) is 14.9 Å². The van der Waals surface area contributed by atoms with Crippen LogP contribution in [0, 0.1) is 5.92 Å². The molecule has 2 atom stereocenters. The fourth-order valence-electron chi connectivity index (χ4n) is 3.24. The smallest absolute Gasteiger partial charge is 0.282 e. The van der Waals surface area contributed by atoms with Crippen LogP contribution in [0.5, 0.6) is 0 Å². The lowest BCUT2D eigenvalue weighted by atomic mass is 9.94. The number of nitrogens with zero attached hydrogens (tertiary/aromatic N) is 2. The van der Waals surface area contributed by atoms with Gasteiger partial charge in [0.1, 0.15) is 0 Å². The van der Waals surface area contributed by atoms with Crippen LogP contribution in [0.15, 0.2) is 0 Å². The molecule has 1 N–H and O–H groups in total. The minimum absolute atomic E-state index is 0.159. The number of ether oxygens (including phenoxy) is 1. The van der Waals surface area contributed by atoms with Crippen LogP contribution in [0.25, 0.3) is 0 Å². The maximum absolute atomic E-state index is 12.7. The number of rotatable bonds is 2. The number of hydrogen-bond donors (Lipinski definition) is 1. The first-order valence-corrected chi connectivity index (χ1v) is 8.14. The Morgan fingerprint density at radius 1 is 1.11 bits per heavy atom. The van der Waals surface area contributed by atoms with Crippen LogP contribution in [0.3, 0.4) is 0 Å². The van der Waals surface area contributed by atoms with Gasteiger partial charge in [0.05, 0.1) is 13.2 Å². The summed E-state index contributed by atoms with van der Waals surface area (Å²) in [6, 6.07) is 0.159. The lowest BCUT2D eigenvalue weighted by molar-refractivity contribution is 0.0676. The summed E-state index contributed by atoms with van der Waals surface area (Å²) in [5.41, 5.74) is 0. The Labute approximate surface area is 108 Å². The number of piperidine rings is 1. The second-order valence-corrected chi connectivity index (χ2v) is 7.14. The summed E-state index contributed by atoms with van der Waals surface area (Å²) >= 11 is 0. The minimum Gasteiger partial charge on any atom is -0.379 e. The average Bonchev–Trinajstić information content (AvgIpc) is 2.87. The third kappa shape index (κ3) is 2.18. The summed E-state index contributed by atoms with van der Waals surface area (Å²) in [4.78, 5) is 0. The van der Waals surface area contributed by atoms with E-state index in [9.17, 15) is 8.42 Å². The van der Waals surface area contributed by atoms with Crippen molar-refractivity contribution in [2.45, 2.75) is 18.9 Å². The molecule has 0 aromatic carbocycles. The summed E-state index contributed by atoms with van der Waals surface area (Å²) < 4.78 is 33.8. The van der Waals surface area contributed by atoms with Gasteiger partial charge in [-0.2, -0.15) is 17.0 Å². The highest BCUT2D eigenvalue weighted by Gasteiger charge is 2.43. The first kappa shape index (κ1) is 12.8. The van der Waals surface area contributed by atoms with E-state index in [1.54, 1.807) is 8.61 Å². The molecule has 0 aliphatic carbocycles. The van der Waals surface area contributed by atoms with Gasteiger partial charge in [-0.1, -0.05) is 0 Å². The zero-order valence-corrected chi connectivity index (χ0v) is 11.4. The van der Waals surface area contributed by atoms with E-state index in [1.165, 1.54) is 0 Å². The quantitative estimate of drug-likeness (QED) is 0.720. The Hall–Kier alpha value is -0.210. The minimum atomic E-state index is -3.29. The van der Waals surface area contributed by atoms with Gasteiger partial charge in [0, 0.05) is 32.2 Å². The van der Waals surface area contributed by atoms with E-state index in [-0.39, 0.29) is 6.04 Å². The molecular weight excluding hydrogens is 254 g/mol. The van der Waals surface area contributed by atoms with Crippen molar-refractivity contribution in [3.05, 3.63) is 0 Å². The number of morpholine rings is 1. The zero-order chi connectivity index (χ0) is 12.6. The van der Waals surface area contributed by atoms with Gasteiger partial charge in [-0.15, -0.1) is 0 Å². The van der Waals surface area contributed by atoms with Gasteiger partial charge < -0.3 is 10.1 Å². The highest BCUT2D eigenvalue weighted by molar-refractivity contribution is 7.86. The molecule has 6 nitrogen and oxygen atoms in total. The third-order valence-corrected chi connectivity index (χ3v) is 6.28. The monoisotopic (exact) mass is 275 g/mol. The molecule has 104 valence electrons. The van der Waals surface area contributed by atoms with Crippen LogP contribution in [0.2, 0.25) is 0 Å². The standard InChI is InChI=1S/C11H21N3O3S/c15-18(16,13-4-6-17-7-5-13)14-3-1-2-10-8-12-9-11(10)14/h10-12H,1-9H2. The molecule has 0 saturated carbocycles. The maximum atomic E-state index is 12.7. The lowest BCUT2D eigenvalue weighted by Crippen LogP contribution is -2.55. The molecule has 0 aromatic rings. The van der Waals surface area contributed by atoms with E-state index < -0.39 is 10.2 Å². The van der Waals surface area contributed by atoms with Crippen molar-refractivity contribution in [3.63, 3.8) is 0 Å². The van der Waals surface area contributed by atoms with Crippen molar-refractivity contribution in [1.29, 1.82) is 0 Å². The molecule has 2 unspecified atom stereocenters. The highest BCUT2D eigenvalue weighted by atomic mass is 32.2. The van der Waals surface area contributed by atoms with E-state index in [0.29, 0.717) is 38.8 Å². The molecule has 3 aliphatic rings. The van der Waals surface area contributed by atoms with E-state index in [1.807, 2.05) is 0 Å². The largest absolute Gasteiger partial charge is 0.379 e. The number of fused-ring (bicyclic) bond motifs is 1. The molecule has 0 amide bonds. The Morgan fingerprint density at radius 3 is 2.67 bits per heavy atom. The first-order valence-electron chi connectivity index (χ1n) is 6.75. The predicted octanol–water partition coefficient (Wildman–Crippen LogP) is -0.753. The van der Waals surface area contributed by atoms with Crippen LogP contribution in [0.1, 0.15) is 12.8 Å². The van der Waals surface area contributed by atoms with Crippen molar-refractivity contribution in [2.75, 3.05) is 45.9 Å². The van der Waals surface area contributed by atoms with Crippen molar-refractivity contribution in [1.82, 2.24) is 13.9 Å². The second-order valence-electron chi connectivity index (χ2n) is 5.26. The van der Waals surface area contributed by atoms with Gasteiger partial charge in [0.15, 0.2) is 0 Å². The van der Waals surface area contributed by atoms with Gasteiger partial charge in [0.25, 0.3) is 10.2 Å². The van der Waals surface area contributed by atoms with Crippen LogP contribution in [-0.4, -0.2) is 69.0 Å². The Bertz CT molecular complexity index is 394. The molecule has 3 fully saturated rings. The third-order valence-electron chi connectivity index (χ3n) is 4.22. The van der Waals surface area contributed by atoms with Gasteiger partial charge in [-0.05, 0) is 25.3 Å². The second kappa shape index (κ2) is 5.05. The Morgan fingerprint density at radius 2 is 1.89 bits per heavy atom. The van der Waals surface area contributed by atoms with Crippen molar-refractivity contribution < 1.29 is 13.2 Å². The van der Waals surface area contributed by atoms with Crippen LogP contribution >= 0.6 is 0 Å². The zero-order valence-electron chi connectivity index (χ0n) is 10.5. The van der Waals surface area contributed by atoms with Gasteiger partial charge in [0.2, 0.25) is 0 Å². The van der Waals surface area contributed by atoms with E-state index in [2.05, 4.69) is 5.32 Å². The molecule has 3 heterocycles. The van der Waals surface area contributed by atoms with Crippen molar-refractivity contribution >= 4 is 10.2 Å². The molecule has 7 heteroatoms. The molecule has 3 rings (SSSR count).